The highest BCUT2D eigenvalue weighted by Gasteiger charge is 2.35. The summed E-state index contributed by atoms with van der Waals surface area (Å²) in [5.74, 6) is 0.600. The highest BCUT2D eigenvalue weighted by Crippen LogP contribution is 2.35. The third kappa shape index (κ3) is 5.33. The first kappa shape index (κ1) is 24.8. The number of hydrogen-bond acceptors (Lipinski definition) is 5. The molecule has 0 N–H and O–H groups in total. The molecular formula is C22H23F3N4O2S3. The van der Waals surface area contributed by atoms with Gasteiger partial charge in [0.25, 0.3) is 10.0 Å². The average molecular weight is 529 g/mol. The van der Waals surface area contributed by atoms with Crippen molar-refractivity contribution in [3.05, 3.63) is 53.5 Å². The van der Waals surface area contributed by atoms with Gasteiger partial charge < -0.3 is 4.90 Å². The van der Waals surface area contributed by atoms with E-state index in [1.165, 1.54) is 52.0 Å². The van der Waals surface area contributed by atoms with E-state index in [1.54, 1.807) is 23.8 Å². The first-order chi connectivity index (χ1) is 16.1. The number of halogens is 3. The van der Waals surface area contributed by atoms with Crippen LogP contribution >= 0.6 is 23.1 Å². The van der Waals surface area contributed by atoms with Crippen LogP contribution in [0.15, 0.2) is 57.1 Å². The lowest BCUT2D eigenvalue weighted by Gasteiger charge is -2.31. The molecule has 1 saturated heterocycles. The van der Waals surface area contributed by atoms with E-state index in [9.17, 15) is 21.6 Å². The minimum Gasteiger partial charge on any atom is -0.351 e. The van der Waals surface area contributed by atoms with Gasteiger partial charge >= 0.3 is 6.18 Å². The molecule has 1 aromatic carbocycles. The van der Waals surface area contributed by atoms with Crippen molar-refractivity contribution in [2.45, 2.75) is 30.8 Å². The van der Waals surface area contributed by atoms with Gasteiger partial charge in [0.1, 0.15) is 0 Å². The fraction of sp³-hybridized carbons (Fsp3) is 0.364. The lowest BCUT2D eigenvalue weighted by atomic mass is 10.00. The number of sulfonamides is 1. The van der Waals surface area contributed by atoms with Crippen molar-refractivity contribution in [2.75, 3.05) is 19.3 Å². The summed E-state index contributed by atoms with van der Waals surface area (Å²) in [5, 5.41) is 5.95. The zero-order chi connectivity index (χ0) is 24.5. The Morgan fingerprint density at radius 1 is 1.18 bits per heavy atom. The van der Waals surface area contributed by atoms with Crippen molar-refractivity contribution >= 4 is 38.3 Å². The molecule has 0 spiro atoms. The van der Waals surface area contributed by atoms with Gasteiger partial charge in [-0.2, -0.15) is 26.7 Å². The standard InChI is InChI=1S/C22H23F3N4O2S3/c1-15-9-11-28(12-10-15)21(32-2)27-34(30,31)17-7-5-16(6-8-17)29-18(19-4-3-13-33-19)14-20(26-29)22(23,24)25/h3-8,13-15H,9-12H2,1-2H3/b27-21-. The molecule has 0 radical (unpaired) electrons. The minimum atomic E-state index is -4.60. The summed E-state index contributed by atoms with van der Waals surface area (Å²) in [4.78, 5) is 2.56. The number of piperidine rings is 1. The van der Waals surface area contributed by atoms with Gasteiger partial charge in [0.05, 0.1) is 21.2 Å². The lowest BCUT2D eigenvalue weighted by molar-refractivity contribution is -0.141. The summed E-state index contributed by atoms with van der Waals surface area (Å²) in [5.41, 5.74) is -0.422. The third-order valence-corrected chi connectivity index (χ3v) is 8.59. The van der Waals surface area contributed by atoms with Crippen molar-refractivity contribution < 1.29 is 21.6 Å². The van der Waals surface area contributed by atoms with Crippen LogP contribution in [0.2, 0.25) is 0 Å². The van der Waals surface area contributed by atoms with Crippen LogP contribution in [0.25, 0.3) is 16.3 Å². The van der Waals surface area contributed by atoms with Gasteiger partial charge in [-0.3, -0.25) is 0 Å². The number of amidine groups is 1. The van der Waals surface area contributed by atoms with Gasteiger partial charge in [0.15, 0.2) is 10.9 Å². The Labute approximate surface area is 204 Å². The Morgan fingerprint density at radius 2 is 1.85 bits per heavy atom. The Balaban J connectivity index is 1.65. The molecule has 0 amide bonds. The molecule has 0 aliphatic carbocycles. The molecule has 2 aromatic heterocycles. The van der Waals surface area contributed by atoms with Crippen LogP contribution in [0, 0.1) is 5.92 Å². The van der Waals surface area contributed by atoms with Crippen LogP contribution in [0.1, 0.15) is 25.5 Å². The van der Waals surface area contributed by atoms with E-state index < -0.39 is 21.9 Å². The fourth-order valence-corrected chi connectivity index (χ4v) is 6.32. The van der Waals surface area contributed by atoms with Gasteiger partial charge in [-0.25, -0.2) is 4.68 Å². The first-order valence-corrected chi connectivity index (χ1v) is 14.1. The summed E-state index contributed by atoms with van der Waals surface area (Å²) in [6.07, 6.45) is -0.859. The van der Waals surface area contributed by atoms with E-state index >= 15 is 0 Å². The van der Waals surface area contributed by atoms with Crippen molar-refractivity contribution in [3.63, 3.8) is 0 Å². The number of rotatable bonds is 4. The molecule has 34 heavy (non-hydrogen) atoms. The third-order valence-electron chi connectivity index (χ3n) is 5.59. The largest absolute Gasteiger partial charge is 0.435 e. The quantitative estimate of drug-likeness (QED) is 0.318. The maximum absolute atomic E-state index is 13.3. The number of thiophene rings is 1. The van der Waals surface area contributed by atoms with Crippen LogP contribution in [0.4, 0.5) is 13.2 Å². The maximum Gasteiger partial charge on any atom is 0.435 e. The lowest BCUT2D eigenvalue weighted by Crippen LogP contribution is -2.36. The minimum absolute atomic E-state index is 0.0333. The summed E-state index contributed by atoms with van der Waals surface area (Å²) >= 11 is 2.57. The molecule has 12 heteroatoms. The Morgan fingerprint density at radius 3 is 2.41 bits per heavy atom. The summed E-state index contributed by atoms with van der Waals surface area (Å²) < 4.78 is 71.1. The topological polar surface area (TPSA) is 67.6 Å². The second-order valence-corrected chi connectivity index (χ2v) is 11.3. The predicted molar refractivity (Wildman–Crippen MR) is 130 cm³/mol. The van der Waals surface area contributed by atoms with E-state index in [0.29, 0.717) is 21.7 Å². The molecule has 0 bridgehead atoms. The number of aromatic nitrogens is 2. The molecule has 3 aromatic rings. The average Bonchev–Trinajstić information content (AvgIpc) is 3.48. The van der Waals surface area contributed by atoms with Crippen molar-refractivity contribution in [1.29, 1.82) is 0 Å². The molecule has 1 aliphatic rings. The number of nitrogens with zero attached hydrogens (tertiary/aromatic N) is 4. The zero-order valence-electron chi connectivity index (χ0n) is 18.5. The highest BCUT2D eigenvalue weighted by atomic mass is 32.2. The number of alkyl halides is 3. The summed E-state index contributed by atoms with van der Waals surface area (Å²) in [7, 11) is -3.99. The van der Waals surface area contributed by atoms with Gasteiger partial charge in [-0.15, -0.1) is 15.7 Å². The molecule has 4 rings (SSSR count). The van der Waals surface area contributed by atoms with Crippen LogP contribution in [-0.4, -0.2) is 47.6 Å². The molecule has 3 heterocycles. The fourth-order valence-electron chi connectivity index (χ4n) is 3.66. The normalized spacial score (nSPS) is 16.3. The van der Waals surface area contributed by atoms with E-state index in [2.05, 4.69) is 16.4 Å². The van der Waals surface area contributed by atoms with E-state index in [0.717, 1.165) is 32.0 Å². The van der Waals surface area contributed by atoms with Gasteiger partial charge in [-0.1, -0.05) is 24.8 Å². The molecule has 1 fully saturated rings. The second kappa shape index (κ2) is 9.74. The Bertz CT molecular complexity index is 1260. The van der Waals surface area contributed by atoms with Crippen LogP contribution in [-0.2, 0) is 16.2 Å². The SMILES string of the molecule is CS/C(=N\S(=O)(=O)c1ccc(-n2nc(C(F)(F)F)cc2-c2cccs2)cc1)N1CCC(C)CC1. The smallest absolute Gasteiger partial charge is 0.351 e. The molecule has 1 aliphatic heterocycles. The zero-order valence-corrected chi connectivity index (χ0v) is 20.9. The van der Waals surface area contributed by atoms with Crippen molar-refractivity contribution in [2.24, 2.45) is 10.3 Å². The van der Waals surface area contributed by atoms with E-state index in [4.69, 9.17) is 0 Å². The Hall–Kier alpha value is -2.31. The van der Waals surface area contributed by atoms with Crippen LogP contribution < -0.4 is 0 Å². The Kier molecular flexibility index (Phi) is 7.11. The van der Waals surface area contributed by atoms with Crippen LogP contribution in [0.5, 0.6) is 0 Å². The number of benzene rings is 1. The van der Waals surface area contributed by atoms with Gasteiger partial charge in [0.2, 0.25) is 0 Å². The van der Waals surface area contributed by atoms with E-state index in [1.807, 2.05) is 4.90 Å². The predicted octanol–water partition coefficient (Wildman–Crippen LogP) is 5.76. The van der Waals surface area contributed by atoms with Crippen molar-refractivity contribution in [3.8, 4) is 16.3 Å². The molecule has 0 saturated carbocycles. The molecule has 6 nitrogen and oxygen atoms in total. The van der Waals surface area contributed by atoms with Gasteiger partial charge in [-0.05, 0) is 66.8 Å². The van der Waals surface area contributed by atoms with Crippen molar-refractivity contribution in [1.82, 2.24) is 14.7 Å². The molecule has 182 valence electrons. The second-order valence-electron chi connectivity index (χ2n) is 8.02. The highest BCUT2D eigenvalue weighted by molar-refractivity contribution is 8.13. The van der Waals surface area contributed by atoms with Gasteiger partial charge in [0, 0.05) is 13.1 Å². The monoisotopic (exact) mass is 528 g/mol. The number of hydrogen-bond donors (Lipinski definition) is 0. The maximum atomic E-state index is 13.3. The molecule has 0 atom stereocenters. The molecular weight excluding hydrogens is 505 g/mol. The number of likely N-dealkylation sites (tertiary alicyclic amines) is 1. The number of thioether (sulfide) groups is 1. The van der Waals surface area contributed by atoms with Crippen LogP contribution in [0.3, 0.4) is 0 Å². The summed E-state index contributed by atoms with van der Waals surface area (Å²) in [6, 6.07) is 10.0. The first-order valence-electron chi connectivity index (χ1n) is 10.5. The van der Waals surface area contributed by atoms with E-state index in [-0.39, 0.29) is 10.6 Å². The molecule has 0 unspecified atom stereocenters. The summed E-state index contributed by atoms with van der Waals surface area (Å²) in [6.45, 7) is 3.68.